The Balaban J connectivity index is 2.21. The summed E-state index contributed by atoms with van der Waals surface area (Å²) in [5.74, 6) is 2.25. The maximum atomic E-state index is 5.66. The van der Waals surface area contributed by atoms with Gasteiger partial charge in [0.25, 0.3) is 0 Å². The minimum atomic E-state index is 0.362. The van der Waals surface area contributed by atoms with Crippen molar-refractivity contribution in [1.82, 2.24) is 14.8 Å². The molecule has 1 aromatic carbocycles. The molecule has 0 atom stereocenters. The first-order chi connectivity index (χ1) is 8.06. The third-order valence-corrected chi connectivity index (χ3v) is 2.73. The van der Waals surface area contributed by atoms with Crippen LogP contribution in [0.2, 0.25) is 0 Å². The van der Waals surface area contributed by atoms with Crippen LogP contribution in [-0.2, 0) is 13.5 Å². The maximum Gasteiger partial charge on any atom is 0.153 e. The van der Waals surface area contributed by atoms with E-state index in [9.17, 15) is 0 Å². The molecule has 0 fully saturated rings. The smallest absolute Gasteiger partial charge is 0.153 e. The number of nitrogens with zero attached hydrogens (tertiary/aromatic N) is 3. The average molecular weight is 230 g/mol. The van der Waals surface area contributed by atoms with Gasteiger partial charge in [-0.2, -0.15) is 5.10 Å². The summed E-state index contributed by atoms with van der Waals surface area (Å²) in [6.07, 6.45) is 0.788. The van der Waals surface area contributed by atoms with E-state index in [0.717, 1.165) is 23.8 Å². The Morgan fingerprint density at radius 1 is 1.24 bits per heavy atom. The third kappa shape index (κ3) is 2.64. The number of benzene rings is 1. The van der Waals surface area contributed by atoms with Gasteiger partial charge in [-0.3, -0.25) is 4.68 Å². The van der Waals surface area contributed by atoms with E-state index in [1.165, 1.54) is 5.56 Å². The Hall–Kier alpha value is -1.84. The van der Waals surface area contributed by atoms with Crippen LogP contribution in [0, 0.1) is 0 Å². The summed E-state index contributed by atoms with van der Waals surface area (Å²) < 4.78 is 1.85. The second-order valence-corrected chi connectivity index (χ2v) is 4.58. The molecule has 2 N–H and O–H groups in total. The molecule has 1 aromatic heterocycles. The highest BCUT2D eigenvalue weighted by atomic mass is 15.3. The standard InChI is InChI=1S/C13H18N4/c1-9(2)13-15-12(17(3)16-13)8-10-4-6-11(14)7-5-10/h4-7,9H,8,14H2,1-3H3. The molecule has 2 aromatic rings. The fourth-order valence-electron chi connectivity index (χ4n) is 1.65. The number of hydrogen-bond acceptors (Lipinski definition) is 3. The molecule has 4 heteroatoms. The maximum absolute atomic E-state index is 5.66. The summed E-state index contributed by atoms with van der Waals surface area (Å²) in [5, 5.41) is 4.40. The lowest BCUT2D eigenvalue weighted by Gasteiger charge is -2.01. The van der Waals surface area contributed by atoms with Crippen molar-refractivity contribution in [1.29, 1.82) is 0 Å². The Morgan fingerprint density at radius 3 is 2.41 bits per heavy atom. The highest BCUT2D eigenvalue weighted by Gasteiger charge is 2.10. The van der Waals surface area contributed by atoms with Gasteiger partial charge in [-0.05, 0) is 17.7 Å². The molecule has 0 aliphatic carbocycles. The number of hydrogen-bond donors (Lipinski definition) is 1. The number of aryl methyl sites for hydroxylation is 1. The molecule has 0 bridgehead atoms. The number of nitrogen functional groups attached to an aromatic ring is 1. The molecular formula is C13H18N4. The van der Waals surface area contributed by atoms with Crippen molar-refractivity contribution >= 4 is 5.69 Å². The minimum absolute atomic E-state index is 0.362. The molecule has 0 amide bonds. The average Bonchev–Trinajstić information content (AvgIpc) is 2.64. The van der Waals surface area contributed by atoms with Gasteiger partial charge in [0.1, 0.15) is 5.82 Å². The lowest BCUT2D eigenvalue weighted by atomic mass is 10.1. The van der Waals surface area contributed by atoms with E-state index in [1.807, 2.05) is 36.0 Å². The van der Waals surface area contributed by atoms with E-state index in [0.29, 0.717) is 5.92 Å². The van der Waals surface area contributed by atoms with Crippen molar-refractivity contribution in [3.8, 4) is 0 Å². The second kappa shape index (κ2) is 4.57. The van der Waals surface area contributed by atoms with Crippen LogP contribution in [-0.4, -0.2) is 14.8 Å². The normalized spacial score (nSPS) is 11.1. The summed E-state index contributed by atoms with van der Waals surface area (Å²) in [7, 11) is 1.94. The van der Waals surface area contributed by atoms with E-state index in [4.69, 9.17) is 5.73 Å². The number of aromatic nitrogens is 3. The van der Waals surface area contributed by atoms with Crippen molar-refractivity contribution < 1.29 is 0 Å². The van der Waals surface area contributed by atoms with Gasteiger partial charge < -0.3 is 5.73 Å². The molecule has 0 radical (unpaired) electrons. The quantitative estimate of drug-likeness (QED) is 0.822. The number of anilines is 1. The lowest BCUT2D eigenvalue weighted by molar-refractivity contribution is 0.689. The molecule has 90 valence electrons. The van der Waals surface area contributed by atoms with Crippen molar-refractivity contribution in [2.45, 2.75) is 26.2 Å². The van der Waals surface area contributed by atoms with Crippen LogP contribution >= 0.6 is 0 Å². The third-order valence-electron chi connectivity index (χ3n) is 2.73. The van der Waals surface area contributed by atoms with Gasteiger partial charge in [-0.15, -0.1) is 0 Å². The number of rotatable bonds is 3. The van der Waals surface area contributed by atoms with Gasteiger partial charge in [0, 0.05) is 25.1 Å². The molecule has 1 heterocycles. The summed E-state index contributed by atoms with van der Waals surface area (Å²) in [5.41, 5.74) is 7.65. The van der Waals surface area contributed by atoms with Crippen molar-refractivity contribution in [3.05, 3.63) is 41.5 Å². The predicted molar refractivity (Wildman–Crippen MR) is 68.8 cm³/mol. The molecule has 0 unspecified atom stereocenters. The van der Waals surface area contributed by atoms with Gasteiger partial charge in [0.05, 0.1) is 0 Å². The predicted octanol–water partition coefficient (Wildman–Crippen LogP) is 2.11. The van der Waals surface area contributed by atoms with Gasteiger partial charge in [-0.25, -0.2) is 4.98 Å². The highest BCUT2D eigenvalue weighted by molar-refractivity contribution is 5.39. The molecule has 0 saturated heterocycles. The van der Waals surface area contributed by atoms with E-state index in [1.54, 1.807) is 0 Å². The van der Waals surface area contributed by atoms with Crippen LogP contribution in [0.4, 0.5) is 5.69 Å². The molecule has 4 nitrogen and oxygen atoms in total. The highest BCUT2D eigenvalue weighted by Crippen LogP contribution is 2.13. The first-order valence-corrected chi connectivity index (χ1v) is 5.80. The van der Waals surface area contributed by atoms with Crippen LogP contribution in [0.5, 0.6) is 0 Å². The van der Waals surface area contributed by atoms with E-state index in [2.05, 4.69) is 23.9 Å². The Labute approximate surface area is 101 Å². The lowest BCUT2D eigenvalue weighted by Crippen LogP contribution is -2.00. The summed E-state index contributed by atoms with van der Waals surface area (Å²) in [6.45, 7) is 4.20. The zero-order valence-electron chi connectivity index (χ0n) is 10.5. The topological polar surface area (TPSA) is 56.7 Å². The summed E-state index contributed by atoms with van der Waals surface area (Å²) >= 11 is 0. The zero-order chi connectivity index (χ0) is 12.4. The van der Waals surface area contributed by atoms with Crippen LogP contribution < -0.4 is 5.73 Å². The van der Waals surface area contributed by atoms with Crippen LogP contribution in [0.3, 0.4) is 0 Å². The molecule has 17 heavy (non-hydrogen) atoms. The Bertz CT molecular complexity index is 497. The monoisotopic (exact) mass is 230 g/mol. The summed E-state index contributed by atoms with van der Waals surface area (Å²) in [6, 6.07) is 7.88. The summed E-state index contributed by atoms with van der Waals surface area (Å²) in [4.78, 5) is 4.55. The van der Waals surface area contributed by atoms with Crippen molar-refractivity contribution in [3.63, 3.8) is 0 Å². The first kappa shape index (κ1) is 11.6. The fraction of sp³-hybridized carbons (Fsp3) is 0.385. The van der Waals surface area contributed by atoms with E-state index < -0.39 is 0 Å². The van der Waals surface area contributed by atoms with Crippen LogP contribution in [0.1, 0.15) is 37.0 Å². The Morgan fingerprint density at radius 2 is 1.88 bits per heavy atom. The fourth-order valence-corrected chi connectivity index (χ4v) is 1.65. The Kier molecular flexibility index (Phi) is 3.13. The van der Waals surface area contributed by atoms with Crippen LogP contribution in [0.25, 0.3) is 0 Å². The largest absolute Gasteiger partial charge is 0.399 e. The van der Waals surface area contributed by atoms with Crippen LogP contribution in [0.15, 0.2) is 24.3 Å². The molecule has 0 saturated carbocycles. The van der Waals surface area contributed by atoms with E-state index in [-0.39, 0.29) is 0 Å². The SMILES string of the molecule is CC(C)c1nc(Cc2ccc(N)cc2)n(C)n1. The minimum Gasteiger partial charge on any atom is -0.399 e. The van der Waals surface area contributed by atoms with Crippen molar-refractivity contribution in [2.24, 2.45) is 7.05 Å². The van der Waals surface area contributed by atoms with Crippen molar-refractivity contribution in [2.75, 3.05) is 5.73 Å². The molecule has 0 aliphatic rings. The van der Waals surface area contributed by atoms with Gasteiger partial charge >= 0.3 is 0 Å². The van der Waals surface area contributed by atoms with Gasteiger partial charge in [0.15, 0.2) is 5.82 Å². The second-order valence-electron chi connectivity index (χ2n) is 4.58. The first-order valence-electron chi connectivity index (χ1n) is 5.80. The van der Waals surface area contributed by atoms with Gasteiger partial charge in [-0.1, -0.05) is 26.0 Å². The van der Waals surface area contributed by atoms with E-state index >= 15 is 0 Å². The number of nitrogens with two attached hydrogens (primary N) is 1. The molecule has 0 spiro atoms. The molecule has 2 rings (SSSR count). The zero-order valence-corrected chi connectivity index (χ0v) is 10.5. The van der Waals surface area contributed by atoms with Gasteiger partial charge in [0.2, 0.25) is 0 Å². The molecular weight excluding hydrogens is 212 g/mol. The molecule has 0 aliphatic heterocycles.